The van der Waals surface area contributed by atoms with E-state index in [4.69, 9.17) is 4.74 Å². The number of esters is 1. The zero-order valence-electron chi connectivity index (χ0n) is 40.8. The number of rotatable bonds is 48. The van der Waals surface area contributed by atoms with E-state index >= 15 is 0 Å². The van der Waals surface area contributed by atoms with E-state index < -0.39 is 18.2 Å². The Morgan fingerprint density at radius 2 is 0.885 bits per heavy atom. The molecule has 0 aliphatic heterocycles. The Balaban J connectivity index is 4.51. The highest BCUT2D eigenvalue weighted by molar-refractivity contribution is 5.77. The molecule has 6 nitrogen and oxygen atoms in total. The van der Waals surface area contributed by atoms with Crippen LogP contribution in [0.25, 0.3) is 0 Å². The molecule has 6 heteroatoms. The SMILES string of the molecule is CC/C=C/C/C=C/C/C=C/CCCCC(CC(=O)NC(CO)C(O)CCCCCCCCCCCCCCCCCCC)OC(=O)CCCCCCCCCCCCCCC. The van der Waals surface area contributed by atoms with Crippen molar-refractivity contribution in [1.82, 2.24) is 5.32 Å². The largest absolute Gasteiger partial charge is 0.462 e. The first-order valence-electron chi connectivity index (χ1n) is 26.7. The van der Waals surface area contributed by atoms with E-state index in [-0.39, 0.29) is 24.9 Å². The first-order chi connectivity index (χ1) is 30.0. The van der Waals surface area contributed by atoms with Gasteiger partial charge in [-0.2, -0.15) is 0 Å². The highest BCUT2D eigenvalue weighted by Crippen LogP contribution is 2.18. The Morgan fingerprint density at radius 3 is 1.33 bits per heavy atom. The molecule has 1 amide bonds. The number of aliphatic hydroxyl groups excluding tert-OH is 2. The average Bonchev–Trinajstić information content (AvgIpc) is 3.25. The smallest absolute Gasteiger partial charge is 0.306 e. The van der Waals surface area contributed by atoms with Crippen LogP contribution in [0.2, 0.25) is 0 Å². The molecule has 0 aliphatic carbocycles. The Morgan fingerprint density at radius 1 is 0.492 bits per heavy atom. The van der Waals surface area contributed by atoms with Crippen molar-refractivity contribution >= 4 is 11.9 Å². The predicted octanol–water partition coefficient (Wildman–Crippen LogP) is 16.1. The molecular weight excluding hydrogens is 755 g/mol. The number of hydrogen-bond acceptors (Lipinski definition) is 5. The highest BCUT2D eigenvalue weighted by atomic mass is 16.5. The third kappa shape index (κ3) is 44.5. The fraction of sp³-hybridized carbons (Fsp3) is 0.855. The first kappa shape index (κ1) is 59.1. The monoisotopic (exact) mass is 858 g/mol. The van der Waals surface area contributed by atoms with Gasteiger partial charge in [0.2, 0.25) is 5.91 Å². The Kier molecular flexibility index (Phi) is 47.6. The van der Waals surface area contributed by atoms with E-state index in [1.165, 1.54) is 154 Å². The van der Waals surface area contributed by atoms with Crippen molar-refractivity contribution in [2.45, 2.75) is 296 Å². The van der Waals surface area contributed by atoms with Gasteiger partial charge < -0.3 is 20.3 Å². The summed E-state index contributed by atoms with van der Waals surface area (Å²) in [6.07, 6.45) is 57.8. The van der Waals surface area contributed by atoms with Gasteiger partial charge in [0.05, 0.1) is 25.2 Å². The van der Waals surface area contributed by atoms with E-state index in [9.17, 15) is 19.8 Å². The maximum absolute atomic E-state index is 13.2. The molecule has 3 unspecified atom stereocenters. The van der Waals surface area contributed by atoms with E-state index in [0.29, 0.717) is 19.3 Å². The minimum absolute atomic E-state index is 0.0554. The van der Waals surface area contributed by atoms with Crippen molar-refractivity contribution in [3.05, 3.63) is 36.5 Å². The lowest BCUT2D eigenvalue weighted by Crippen LogP contribution is -2.46. The predicted molar refractivity (Wildman–Crippen MR) is 264 cm³/mol. The molecule has 0 saturated heterocycles. The number of allylic oxidation sites excluding steroid dienone is 6. The van der Waals surface area contributed by atoms with Crippen LogP contribution < -0.4 is 5.32 Å². The van der Waals surface area contributed by atoms with Crippen molar-refractivity contribution < 1.29 is 24.5 Å². The molecular formula is C55H103NO5. The molecule has 0 radical (unpaired) electrons. The number of ether oxygens (including phenoxy) is 1. The fourth-order valence-electron chi connectivity index (χ4n) is 8.21. The van der Waals surface area contributed by atoms with Gasteiger partial charge >= 0.3 is 5.97 Å². The molecule has 0 heterocycles. The van der Waals surface area contributed by atoms with Crippen molar-refractivity contribution in [2.75, 3.05) is 6.61 Å². The molecule has 358 valence electrons. The second-order valence-electron chi connectivity index (χ2n) is 18.3. The van der Waals surface area contributed by atoms with Crippen molar-refractivity contribution in [1.29, 1.82) is 0 Å². The van der Waals surface area contributed by atoms with Crippen LogP contribution in [-0.4, -0.2) is 46.9 Å². The minimum atomic E-state index is -0.795. The van der Waals surface area contributed by atoms with Gasteiger partial charge in [-0.15, -0.1) is 0 Å². The lowest BCUT2D eigenvalue weighted by Gasteiger charge is -2.24. The van der Waals surface area contributed by atoms with Crippen molar-refractivity contribution in [2.24, 2.45) is 0 Å². The molecule has 0 rings (SSSR count). The summed E-state index contributed by atoms with van der Waals surface area (Å²) in [4.78, 5) is 26.1. The number of amides is 1. The van der Waals surface area contributed by atoms with Gasteiger partial charge in [-0.05, 0) is 57.8 Å². The summed E-state index contributed by atoms with van der Waals surface area (Å²) in [7, 11) is 0. The number of nitrogens with one attached hydrogen (secondary N) is 1. The van der Waals surface area contributed by atoms with Crippen LogP contribution in [0.5, 0.6) is 0 Å². The van der Waals surface area contributed by atoms with Crippen LogP contribution in [0.15, 0.2) is 36.5 Å². The molecule has 0 aromatic carbocycles. The molecule has 3 atom stereocenters. The summed E-state index contributed by atoms with van der Waals surface area (Å²) < 4.78 is 5.91. The molecule has 0 saturated carbocycles. The number of hydrogen-bond donors (Lipinski definition) is 3. The van der Waals surface area contributed by atoms with Gasteiger partial charge in [0.25, 0.3) is 0 Å². The zero-order valence-corrected chi connectivity index (χ0v) is 40.8. The minimum Gasteiger partial charge on any atom is -0.462 e. The molecule has 61 heavy (non-hydrogen) atoms. The van der Waals surface area contributed by atoms with Gasteiger partial charge in [-0.25, -0.2) is 0 Å². The fourth-order valence-corrected chi connectivity index (χ4v) is 8.21. The lowest BCUT2D eigenvalue weighted by atomic mass is 10.0. The van der Waals surface area contributed by atoms with E-state index in [0.717, 1.165) is 77.0 Å². The molecule has 0 spiro atoms. The van der Waals surface area contributed by atoms with Crippen LogP contribution >= 0.6 is 0 Å². The zero-order chi connectivity index (χ0) is 44.5. The maximum Gasteiger partial charge on any atom is 0.306 e. The molecule has 0 aromatic heterocycles. The molecule has 0 aliphatic rings. The van der Waals surface area contributed by atoms with Gasteiger partial charge in [0.1, 0.15) is 6.10 Å². The van der Waals surface area contributed by atoms with Crippen LogP contribution in [0.3, 0.4) is 0 Å². The molecule has 3 N–H and O–H groups in total. The van der Waals surface area contributed by atoms with Crippen LogP contribution in [0.4, 0.5) is 0 Å². The van der Waals surface area contributed by atoms with E-state index in [2.05, 4.69) is 62.5 Å². The van der Waals surface area contributed by atoms with Crippen molar-refractivity contribution in [3.63, 3.8) is 0 Å². The highest BCUT2D eigenvalue weighted by Gasteiger charge is 2.24. The van der Waals surface area contributed by atoms with Gasteiger partial charge in [-0.3, -0.25) is 9.59 Å². The second-order valence-corrected chi connectivity index (χ2v) is 18.3. The quantitative estimate of drug-likeness (QED) is 0.0322. The van der Waals surface area contributed by atoms with Crippen molar-refractivity contribution in [3.8, 4) is 0 Å². The Bertz CT molecular complexity index is 1010. The maximum atomic E-state index is 13.2. The topological polar surface area (TPSA) is 95.9 Å². The molecule has 0 aromatic rings. The van der Waals surface area contributed by atoms with Crippen LogP contribution in [0.1, 0.15) is 278 Å². The normalized spacial score (nSPS) is 13.5. The number of aliphatic hydroxyl groups is 2. The summed E-state index contributed by atoms with van der Waals surface area (Å²) in [6.45, 7) is 6.38. The molecule has 0 bridgehead atoms. The lowest BCUT2D eigenvalue weighted by molar-refractivity contribution is -0.151. The van der Waals surface area contributed by atoms with Crippen LogP contribution in [-0.2, 0) is 14.3 Å². The standard InChI is InChI=1S/C55H103NO5/c1-4-7-10-13-16-19-22-25-26-27-28-30-32-35-38-41-44-47-53(58)52(50-57)56-54(59)49-51(46-43-40-37-34-31-24-21-18-15-12-9-6-3)61-55(60)48-45-42-39-36-33-29-23-20-17-14-11-8-5-2/h9,12,18,21,31,34,51-53,57-58H,4-8,10-11,13-17,19-20,22-30,32-33,35-50H2,1-3H3,(H,56,59)/b12-9+,21-18+,34-31+. The van der Waals surface area contributed by atoms with Gasteiger partial charge in [0, 0.05) is 6.42 Å². The average molecular weight is 858 g/mol. The number of carbonyl (C=O) groups excluding carboxylic acids is 2. The first-order valence-corrected chi connectivity index (χ1v) is 26.7. The number of unbranched alkanes of at least 4 members (excludes halogenated alkanes) is 30. The van der Waals surface area contributed by atoms with E-state index in [1.807, 2.05) is 0 Å². The van der Waals surface area contributed by atoms with E-state index in [1.54, 1.807) is 0 Å². The van der Waals surface area contributed by atoms with Gasteiger partial charge in [-0.1, -0.05) is 243 Å². The second kappa shape index (κ2) is 49.1. The third-order valence-electron chi connectivity index (χ3n) is 12.2. The summed E-state index contributed by atoms with van der Waals surface area (Å²) in [6, 6.07) is -0.711. The third-order valence-corrected chi connectivity index (χ3v) is 12.2. The molecule has 0 fully saturated rings. The summed E-state index contributed by atoms with van der Waals surface area (Å²) in [5, 5.41) is 23.8. The summed E-state index contributed by atoms with van der Waals surface area (Å²) >= 11 is 0. The number of carbonyl (C=O) groups is 2. The Hall–Kier alpha value is -1.92. The summed E-state index contributed by atoms with van der Waals surface area (Å²) in [5.41, 5.74) is 0. The van der Waals surface area contributed by atoms with Crippen LogP contribution in [0, 0.1) is 0 Å². The van der Waals surface area contributed by atoms with Gasteiger partial charge in [0.15, 0.2) is 0 Å². The Labute approximate surface area is 379 Å². The summed E-state index contributed by atoms with van der Waals surface area (Å²) in [5.74, 6) is -0.501.